The smallest absolute Gasteiger partial charge is 0.262 e. The molecular formula is C7H11F2N. The predicted molar refractivity (Wildman–Crippen MR) is 34.2 cm³/mol. The summed E-state index contributed by atoms with van der Waals surface area (Å²) in [5, 5.41) is 0. The maximum atomic E-state index is 12.6. The summed E-state index contributed by atoms with van der Waals surface area (Å²) in [6, 6.07) is 0.204. The molecule has 1 unspecified atom stereocenters. The highest BCUT2D eigenvalue weighted by molar-refractivity contribution is 4.93. The highest BCUT2D eigenvalue weighted by Crippen LogP contribution is 2.37. The van der Waals surface area contributed by atoms with Gasteiger partial charge in [-0.15, -0.1) is 0 Å². The lowest BCUT2D eigenvalue weighted by Gasteiger charge is -2.11. The van der Waals surface area contributed by atoms with Crippen LogP contribution in [0, 0.1) is 0 Å². The largest absolute Gasteiger partial charge is 0.294 e. The first-order chi connectivity index (χ1) is 4.67. The number of halogens is 2. The third-order valence-corrected chi connectivity index (χ3v) is 2.47. The summed E-state index contributed by atoms with van der Waals surface area (Å²) in [5.41, 5.74) is 0. The topological polar surface area (TPSA) is 3.24 Å². The first-order valence-corrected chi connectivity index (χ1v) is 3.79. The van der Waals surface area contributed by atoms with Crippen LogP contribution in [0.2, 0.25) is 0 Å². The highest BCUT2D eigenvalue weighted by atomic mass is 19.3. The van der Waals surface area contributed by atoms with Crippen LogP contribution in [-0.4, -0.2) is 30.0 Å². The van der Waals surface area contributed by atoms with Crippen molar-refractivity contribution in [3.63, 3.8) is 0 Å². The van der Waals surface area contributed by atoms with Crippen LogP contribution in [0.1, 0.15) is 19.3 Å². The van der Waals surface area contributed by atoms with E-state index < -0.39 is 5.92 Å². The average molecular weight is 147 g/mol. The second-order valence-corrected chi connectivity index (χ2v) is 3.33. The first-order valence-electron chi connectivity index (χ1n) is 3.79. The molecule has 0 aromatic heterocycles. The summed E-state index contributed by atoms with van der Waals surface area (Å²) in [6.07, 6.45) is 2.20. The Morgan fingerprint density at radius 2 is 2.20 bits per heavy atom. The summed E-state index contributed by atoms with van der Waals surface area (Å²) in [4.78, 5) is 1.92. The molecule has 0 aromatic carbocycles. The van der Waals surface area contributed by atoms with Gasteiger partial charge in [-0.25, -0.2) is 8.78 Å². The molecule has 2 aliphatic heterocycles. The Hall–Kier alpha value is -0.180. The van der Waals surface area contributed by atoms with Crippen molar-refractivity contribution in [3.05, 3.63) is 0 Å². The Morgan fingerprint density at radius 3 is 2.90 bits per heavy atom. The van der Waals surface area contributed by atoms with E-state index in [2.05, 4.69) is 0 Å². The minimum absolute atomic E-state index is 0.0116. The third-order valence-electron chi connectivity index (χ3n) is 2.47. The fourth-order valence-electron chi connectivity index (χ4n) is 2.04. The Bertz CT molecular complexity index is 133. The molecule has 0 radical (unpaired) electrons. The van der Waals surface area contributed by atoms with E-state index in [1.165, 1.54) is 0 Å². The lowest BCUT2D eigenvalue weighted by atomic mass is 10.1. The normalized spacial score (nSPS) is 38.4. The molecule has 0 aromatic rings. The Balaban J connectivity index is 2.07. The van der Waals surface area contributed by atoms with Crippen molar-refractivity contribution < 1.29 is 8.78 Å². The molecule has 2 saturated heterocycles. The number of hydrogen-bond acceptors (Lipinski definition) is 1. The monoisotopic (exact) mass is 147 g/mol. The zero-order valence-corrected chi connectivity index (χ0v) is 5.82. The Labute approximate surface area is 59.0 Å². The second kappa shape index (κ2) is 1.91. The van der Waals surface area contributed by atoms with Gasteiger partial charge in [0.15, 0.2) is 0 Å². The molecular weight excluding hydrogens is 136 g/mol. The van der Waals surface area contributed by atoms with Crippen LogP contribution < -0.4 is 0 Å². The van der Waals surface area contributed by atoms with Gasteiger partial charge in [-0.2, -0.15) is 0 Å². The van der Waals surface area contributed by atoms with E-state index >= 15 is 0 Å². The van der Waals surface area contributed by atoms with Crippen molar-refractivity contribution in [1.82, 2.24) is 4.90 Å². The summed E-state index contributed by atoms with van der Waals surface area (Å²) in [7, 11) is 0. The molecule has 0 aliphatic carbocycles. The molecule has 1 atom stereocenters. The van der Waals surface area contributed by atoms with Crippen LogP contribution in [0.25, 0.3) is 0 Å². The standard InChI is InChI=1S/C7H11F2N/c8-7(9)4-6-2-1-3-10(6)5-7/h6H,1-5H2. The first kappa shape index (κ1) is 6.53. The van der Waals surface area contributed by atoms with Crippen molar-refractivity contribution in [2.24, 2.45) is 0 Å². The van der Waals surface area contributed by atoms with E-state index in [1.54, 1.807) is 0 Å². The van der Waals surface area contributed by atoms with E-state index in [9.17, 15) is 8.78 Å². The molecule has 2 heterocycles. The van der Waals surface area contributed by atoms with Gasteiger partial charge in [0, 0.05) is 12.5 Å². The Morgan fingerprint density at radius 1 is 1.40 bits per heavy atom. The van der Waals surface area contributed by atoms with E-state index in [1.807, 2.05) is 4.90 Å². The second-order valence-electron chi connectivity index (χ2n) is 3.33. The van der Waals surface area contributed by atoms with Crippen molar-refractivity contribution in [3.8, 4) is 0 Å². The van der Waals surface area contributed by atoms with E-state index in [0.29, 0.717) is 0 Å². The Kier molecular flexibility index (Phi) is 1.24. The van der Waals surface area contributed by atoms with Crippen LogP contribution in [0.4, 0.5) is 8.78 Å². The van der Waals surface area contributed by atoms with Gasteiger partial charge in [0.25, 0.3) is 5.92 Å². The fraction of sp³-hybridized carbons (Fsp3) is 1.00. The minimum Gasteiger partial charge on any atom is -0.294 e. The van der Waals surface area contributed by atoms with E-state index in [4.69, 9.17) is 0 Å². The zero-order chi connectivity index (χ0) is 7.19. The molecule has 1 nitrogen and oxygen atoms in total. The molecule has 2 aliphatic rings. The van der Waals surface area contributed by atoms with E-state index in [-0.39, 0.29) is 19.0 Å². The van der Waals surface area contributed by atoms with Crippen molar-refractivity contribution in [2.45, 2.75) is 31.2 Å². The van der Waals surface area contributed by atoms with Crippen molar-refractivity contribution >= 4 is 0 Å². The SMILES string of the molecule is FC1(F)CC2CCCN2C1. The third kappa shape index (κ3) is 0.926. The summed E-state index contributed by atoms with van der Waals surface area (Å²) in [5.74, 6) is -2.38. The van der Waals surface area contributed by atoms with Crippen LogP contribution in [0.15, 0.2) is 0 Å². The number of alkyl halides is 2. The molecule has 0 spiro atoms. The highest BCUT2D eigenvalue weighted by Gasteiger charge is 2.46. The molecule has 10 heavy (non-hydrogen) atoms. The molecule has 0 amide bonds. The van der Waals surface area contributed by atoms with E-state index in [0.717, 1.165) is 19.4 Å². The predicted octanol–water partition coefficient (Wildman–Crippen LogP) is 1.49. The van der Waals surface area contributed by atoms with Crippen molar-refractivity contribution in [2.75, 3.05) is 13.1 Å². The average Bonchev–Trinajstić information content (AvgIpc) is 2.20. The molecule has 0 saturated carbocycles. The van der Waals surface area contributed by atoms with Gasteiger partial charge in [0.1, 0.15) is 0 Å². The van der Waals surface area contributed by atoms with Gasteiger partial charge in [-0.05, 0) is 19.4 Å². The zero-order valence-electron chi connectivity index (χ0n) is 5.82. The van der Waals surface area contributed by atoms with Gasteiger partial charge in [-0.3, -0.25) is 4.90 Å². The van der Waals surface area contributed by atoms with Gasteiger partial charge in [-0.1, -0.05) is 0 Å². The molecule has 2 rings (SSSR count). The number of nitrogens with zero attached hydrogens (tertiary/aromatic N) is 1. The molecule has 0 N–H and O–H groups in total. The lowest BCUT2D eigenvalue weighted by molar-refractivity contribution is 0.0110. The molecule has 2 fully saturated rings. The van der Waals surface area contributed by atoms with Crippen molar-refractivity contribution in [1.29, 1.82) is 0 Å². The summed E-state index contributed by atoms with van der Waals surface area (Å²) < 4.78 is 25.2. The summed E-state index contributed by atoms with van der Waals surface area (Å²) in [6.45, 7) is 0.901. The molecule has 3 heteroatoms. The van der Waals surface area contributed by atoms with Crippen LogP contribution in [0.5, 0.6) is 0 Å². The number of hydrogen-bond donors (Lipinski definition) is 0. The van der Waals surface area contributed by atoms with Crippen LogP contribution in [0.3, 0.4) is 0 Å². The maximum Gasteiger partial charge on any atom is 0.262 e. The van der Waals surface area contributed by atoms with Gasteiger partial charge < -0.3 is 0 Å². The fourth-order valence-corrected chi connectivity index (χ4v) is 2.04. The quantitative estimate of drug-likeness (QED) is 0.501. The summed E-state index contributed by atoms with van der Waals surface area (Å²) >= 11 is 0. The van der Waals surface area contributed by atoms with Crippen LogP contribution >= 0.6 is 0 Å². The van der Waals surface area contributed by atoms with Crippen LogP contribution in [-0.2, 0) is 0 Å². The lowest BCUT2D eigenvalue weighted by Crippen LogP contribution is -2.25. The number of fused-ring (bicyclic) bond motifs is 1. The maximum absolute atomic E-state index is 12.6. The van der Waals surface area contributed by atoms with Gasteiger partial charge >= 0.3 is 0 Å². The minimum atomic E-state index is -2.38. The molecule has 58 valence electrons. The number of rotatable bonds is 0. The van der Waals surface area contributed by atoms with Gasteiger partial charge in [0.2, 0.25) is 0 Å². The van der Waals surface area contributed by atoms with Gasteiger partial charge in [0.05, 0.1) is 6.54 Å². The molecule has 0 bridgehead atoms.